The summed E-state index contributed by atoms with van der Waals surface area (Å²) >= 11 is 0. The summed E-state index contributed by atoms with van der Waals surface area (Å²) in [6, 6.07) is 8.58. The summed E-state index contributed by atoms with van der Waals surface area (Å²) < 4.78 is 10.7. The summed E-state index contributed by atoms with van der Waals surface area (Å²) in [5, 5.41) is 0. The van der Waals surface area contributed by atoms with Gasteiger partial charge in [-0.25, -0.2) is 4.99 Å². The topological polar surface area (TPSA) is 60.1 Å². The fourth-order valence-electron chi connectivity index (χ4n) is 2.06. The van der Waals surface area contributed by atoms with Crippen molar-refractivity contribution >= 4 is 5.96 Å². The minimum atomic E-state index is 0.582. The first-order valence-electron chi connectivity index (χ1n) is 7.44. The van der Waals surface area contributed by atoms with Crippen LogP contribution in [0.3, 0.4) is 0 Å². The van der Waals surface area contributed by atoms with Crippen molar-refractivity contribution in [1.29, 1.82) is 0 Å². The highest BCUT2D eigenvalue weighted by Gasteiger charge is 2.27. The van der Waals surface area contributed by atoms with Crippen molar-refractivity contribution in [3.63, 3.8) is 0 Å². The minimum Gasteiger partial charge on any atom is -0.493 e. The van der Waals surface area contributed by atoms with Crippen LogP contribution in [-0.4, -0.2) is 44.3 Å². The number of aliphatic imine (C=N–C) groups is 1. The number of nitrogens with zero attached hydrogens (tertiary/aromatic N) is 2. The number of ether oxygens (including phenoxy) is 2. The van der Waals surface area contributed by atoms with Crippen LogP contribution in [-0.2, 0) is 11.3 Å². The molecule has 2 N–H and O–H groups in total. The van der Waals surface area contributed by atoms with Gasteiger partial charge in [0.05, 0.1) is 13.2 Å². The quantitative estimate of drug-likeness (QED) is 0.452. The highest BCUT2D eigenvalue weighted by molar-refractivity contribution is 5.78. The molecule has 0 amide bonds. The Morgan fingerprint density at radius 2 is 2.19 bits per heavy atom. The summed E-state index contributed by atoms with van der Waals surface area (Å²) in [6.07, 6.45) is 3.33. The van der Waals surface area contributed by atoms with E-state index in [1.165, 1.54) is 12.8 Å². The normalized spacial score (nSPS) is 15.0. The molecule has 1 aliphatic rings. The highest BCUT2D eigenvalue weighted by atomic mass is 16.5. The molecular formula is C16H25N3O2. The summed E-state index contributed by atoms with van der Waals surface area (Å²) in [4.78, 5) is 6.51. The molecule has 0 aromatic heterocycles. The Morgan fingerprint density at radius 1 is 1.38 bits per heavy atom. The van der Waals surface area contributed by atoms with Crippen LogP contribution < -0.4 is 10.5 Å². The van der Waals surface area contributed by atoms with Crippen LogP contribution in [0, 0.1) is 0 Å². The molecular weight excluding hydrogens is 266 g/mol. The van der Waals surface area contributed by atoms with Crippen molar-refractivity contribution < 1.29 is 9.47 Å². The number of hydrogen-bond donors (Lipinski definition) is 1. The lowest BCUT2D eigenvalue weighted by molar-refractivity contribution is 0.172. The zero-order valence-corrected chi connectivity index (χ0v) is 12.9. The van der Waals surface area contributed by atoms with Crippen LogP contribution in [0.2, 0.25) is 0 Å². The van der Waals surface area contributed by atoms with Gasteiger partial charge in [0.25, 0.3) is 0 Å². The van der Waals surface area contributed by atoms with Gasteiger partial charge < -0.3 is 20.1 Å². The van der Waals surface area contributed by atoms with Gasteiger partial charge in [-0.1, -0.05) is 12.1 Å². The maximum atomic E-state index is 5.99. The average molecular weight is 291 g/mol. The molecule has 0 spiro atoms. The van der Waals surface area contributed by atoms with Crippen molar-refractivity contribution in [3.05, 3.63) is 29.8 Å². The summed E-state index contributed by atoms with van der Waals surface area (Å²) in [5.41, 5.74) is 7.09. The molecule has 21 heavy (non-hydrogen) atoms. The Bertz CT molecular complexity index is 472. The minimum absolute atomic E-state index is 0.582. The lowest BCUT2D eigenvalue weighted by atomic mass is 10.2. The van der Waals surface area contributed by atoms with E-state index in [0.717, 1.165) is 17.7 Å². The van der Waals surface area contributed by atoms with Gasteiger partial charge in [0, 0.05) is 33.2 Å². The van der Waals surface area contributed by atoms with Gasteiger partial charge in [0.15, 0.2) is 5.96 Å². The van der Waals surface area contributed by atoms with E-state index in [4.69, 9.17) is 15.2 Å². The van der Waals surface area contributed by atoms with E-state index in [-0.39, 0.29) is 0 Å². The van der Waals surface area contributed by atoms with Crippen LogP contribution >= 0.6 is 0 Å². The molecule has 1 aromatic rings. The third-order valence-corrected chi connectivity index (χ3v) is 3.54. The lowest BCUT2D eigenvalue weighted by Gasteiger charge is -2.16. The van der Waals surface area contributed by atoms with Gasteiger partial charge in [-0.05, 0) is 30.5 Å². The van der Waals surface area contributed by atoms with Gasteiger partial charge in [0.2, 0.25) is 0 Å². The molecule has 116 valence electrons. The monoisotopic (exact) mass is 291 g/mol. The van der Waals surface area contributed by atoms with Crippen molar-refractivity contribution in [2.45, 2.75) is 31.8 Å². The number of nitrogens with two attached hydrogens (primary N) is 1. The molecule has 0 heterocycles. The molecule has 5 nitrogen and oxygen atoms in total. The third-order valence-electron chi connectivity index (χ3n) is 3.54. The Kier molecular flexibility index (Phi) is 5.87. The Balaban J connectivity index is 1.83. The zero-order valence-electron chi connectivity index (χ0n) is 12.9. The van der Waals surface area contributed by atoms with Crippen LogP contribution in [0.1, 0.15) is 24.8 Å². The fraction of sp³-hybridized carbons (Fsp3) is 0.562. The standard InChI is InChI=1S/C16H25N3O2/c1-19(14-7-8-14)16(17)18-12-13-5-3-6-15(11-13)21-10-4-9-20-2/h3,5-6,11,14H,4,7-10,12H2,1-2H3,(H2,17,18). The summed E-state index contributed by atoms with van der Waals surface area (Å²) in [5.74, 6) is 1.48. The van der Waals surface area contributed by atoms with Gasteiger partial charge in [-0.15, -0.1) is 0 Å². The van der Waals surface area contributed by atoms with Crippen molar-refractivity contribution in [1.82, 2.24) is 4.90 Å². The first kappa shape index (κ1) is 15.6. The summed E-state index contributed by atoms with van der Waals surface area (Å²) in [6.45, 7) is 1.96. The third kappa shape index (κ3) is 5.27. The van der Waals surface area contributed by atoms with Crippen LogP contribution in [0.15, 0.2) is 29.3 Å². The van der Waals surface area contributed by atoms with E-state index >= 15 is 0 Å². The first-order valence-corrected chi connectivity index (χ1v) is 7.44. The number of rotatable bonds is 8. The fourth-order valence-corrected chi connectivity index (χ4v) is 2.06. The molecule has 5 heteroatoms. The summed E-state index contributed by atoms with van der Waals surface area (Å²) in [7, 11) is 3.70. The van der Waals surface area contributed by atoms with Crippen molar-refractivity contribution in [2.75, 3.05) is 27.4 Å². The maximum Gasteiger partial charge on any atom is 0.191 e. The molecule has 1 fully saturated rings. The molecule has 0 radical (unpaired) electrons. The molecule has 0 unspecified atom stereocenters. The predicted molar refractivity (Wildman–Crippen MR) is 84.5 cm³/mol. The van der Waals surface area contributed by atoms with Gasteiger partial charge in [-0.3, -0.25) is 0 Å². The first-order chi connectivity index (χ1) is 10.2. The maximum absolute atomic E-state index is 5.99. The van der Waals surface area contributed by atoms with Gasteiger partial charge in [-0.2, -0.15) is 0 Å². The molecule has 1 aromatic carbocycles. The van der Waals surface area contributed by atoms with E-state index in [9.17, 15) is 0 Å². The molecule has 2 rings (SSSR count). The highest BCUT2D eigenvalue weighted by Crippen LogP contribution is 2.25. The Labute approximate surface area is 126 Å². The van der Waals surface area contributed by atoms with Crippen LogP contribution in [0.4, 0.5) is 0 Å². The van der Waals surface area contributed by atoms with Gasteiger partial charge >= 0.3 is 0 Å². The number of benzene rings is 1. The average Bonchev–Trinajstić information content (AvgIpc) is 3.34. The predicted octanol–water partition coefficient (Wildman–Crippen LogP) is 2.01. The van der Waals surface area contributed by atoms with Gasteiger partial charge in [0.1, 0.15) is 5.75 Å². The largest absolute Gasteiger partial charge is 0.493 e. The smallest absolute Gasteiger partial charge is 0.191 e. The van der Waals surface area contributed by atoms with E-state index < -0.39 is 0 Å². The second-order valence-corrected chi connectivity index (χ2v) is 5.36. The molecule has 1 saturated carbocycles. The molecule has 1 aliphatic carbocycles. The molecule has 0 saturated heterocycles. The van der Waals surface area contributed by atoms with Crippen LogP contribution in [0.25, 0.3) is 0 Å². The number of guanidine groups is 1. The van der Waals surface area contributed by atoms with Crippen LogP contribution in [0.5, 0.6) is 5.75 Å². The number of hydrogen-bond acceptors (Lipinski definition) is 3. The van der Waals surface area contributed by atoms with E-state index in [1.54, 1.807) is 7.11 Å². The molecule has 0 atom stereocenters. The second kappa shape index (κ2) is 7.88. The molecule has 0 aliphatic heterocycles. The second-order valence-electron chi connectivity index (χ2n) is 5.36. The van der Waals surface area contributed by atoms with E-state index in [2.05, 4.69) is 9.89 Å². The molecule has 0 bridgehead atoms. The zero-order chi connectivity index (χ0) is 15.1. The number of methoxy groups -OCH3 is 1. The Morgan fingerprint density at radius 3 is 2.90 bits per heavy atom. The van der Waals surface area contributed by atoms with Crippen molar-refractivity contribution in [2.24, 2.45) is 10.7 Å². The SMILES string of the molecule is COCCCOc1cccc(CN=C(N)N(C)C2CC2)c1. The van der Waals surface area contributed by atoms with E-state index in [1.807, 2.05) is 31.3 Å². The lowest BCUT2D eigenvalue weighted by Crippen LogP contribution is -2.35. The Hall–Kier alpha value is -1.75. The van der Waals surface area contributed by atoms with E-state index in [0.29, 0.717) is 31.8 Å². The van der Waals surface area contributed by atoms with Crippen molar-refractivity contribution in [3.8, 4) is 5.75 Å².